The van der Waals surface area contributed by atoms with E-state index in [9.17, 15) is 8.42 Å². The quantitative estimate of drug-likeness (QED) is 0.770. The first-order valence-electron chi connectivity index (χ1n) is 7.18. The van der Waals surface area contributed by atoms with E-state index in [1.54, 1.807) is 24.3 Å². The van der Waals surface area contributed by atoms with Crippen LogP contribution in [0.4, 0.5) is 5.69 Å². The van der Waals surface area contributed by atoms with Crippen LogP contribution in [0.25, 0.3) is 0 Å². The van der Waals surface area contributed by atoms with Crippen LogP contribution in [0.15, 0.2) is 24.3 Å². The summed E-state index contributed by atoms with van der Waals surface area (Å²) in [4.78, 5) is 0. The molecule has 1 heterocycles. The van der Waals surface area contributed by atoms with Crippen molar-refractivity contribution < 1.29 is 22.1 Å². The minimum absolute atomic E-state index is 0.495. The Bertz CT molecular complexity index is 615. The topological polar surface area (TPSA) is 99.9 Å². The molecule has 1 fully saturated rings. The molecule has 2 unspecified atom stereocenters. The number of nitrogens with two attached hydrogens (primary N) is 1. The van der Waals surface area contributed by atoms with Gasteiger partial charge in [-0.25, -0.2) is 4.18 Å². The second kappa shape index (κ2) is 6.51. The van der Waals surface area contributed by atoms with Crippen molar-refractivity contribution in [3.63, 3.8) is 0 Å². The average molecular weight is 330 g/mol. The molecule has 0 aliphatic carbocycles. The van der Waals surface area contributed by atoms with Gasteiger partial charge in [-0.1, -0.05) is 32.0 Å². The zero-order valence-corrected chi connectivity index (χ0v) is 13.7. The molecule has 0 saturated carbocycles. The Labute approximate surface area is 131 Å². The van der Waals surface area contributed by atoms with Gasteiger partial charge in [-0.05, 0) is 18.9 Å². The van der Waals surface area contributed by atoms with Crippen molar-refractivity contribution in [3.05, 3.63) is 29.8 Å². The van der Waals surface area contributed by atoms with Crippen molar-refractivity contribution in [2.24, 2.45) is 0 Å². The minimum Gasteiger partial charge on any atom is -0.398 e. The first-order valence-corrected chi connectivity index (χ1v) is 8.59. The van der Waals surface area contributed by atoms with E-state index >= 15 is 0 Å². The minimum atomic E-state index is -3.92. The van der Waals surface area contributed by atoms with Gasteiger partial charge in [0.05, 0.1) is 0 Å². The van der Waals surface area contributed by atoms with E-state index in [2.05, 4.69) is 4.72 Å². The highest BCUT2D eigenvalue weighted by molar-refractivity contribution is 7.84. The molecule has 1 aliphatic heterocycles. The summed E-state index contributed by atoms with van der Waals surface area (Å²) in [6, 6.07) is 7.09. The normalized spacial score (nSPS) is 24.5. The Morgan fingerprint density at radius 3 is 2.45 bits per heavy atom. The number of ether oxygens (including phenoxy) is 2. The largest absolute Gasteiger partial charge is 0.398 e. The maximum absolute atomic E-state index is 11.7. The Morgan fingerprint density at radius 1 is 1.27 bits per heavy atom. The molecule has 0 aromatic heterocycles. The van der Waals surface area contributed by atoms with Crippen molar-refractivity contribution in [1.82, 2.24) is 4.72 Å². The molecule has 2 atom stereocenters. The van der Waals surface area contributed by atoms with Gasteiger partial charge in [-0.3, -0.25) is 0 Å². The van der Waals surface area contributed by atoms with Gasteiger partial charge in [0, 0.05) is 18.3 Å². The smallest absolute Gasteiger partial charge is 0.338 e. The van der Waals surface area contributed by atoms with Crippen molar-refractivity contribution in [2.75, 3.05) is 12.8 Å². The third-order valence-electron chi connectivity index (χ3n) is 3.77. The monoisotopic (exact) mass is 330 g/mol. The number of hydrogen-bond donors (Lipinski definition) is 2. The molecule has 1 aromatic carbocycles. The first-order chi connectivity index (χ1) is 10.4. The molecule has 2 rings (SSSR count). The number of rotatable bonds is 6. The fourth-order valence-electron chi connectivity index (χ4n) is 2.39. The predicted octanol–water partition coefficient (Wildman–Crippen LogP) is 1.68. The van der Waals surface area contributed by atoms with Crippen LogP contribution in [-0.2, 0) is 24.0 Å². The van der Waals surface area contributed by atoms with E-state index in [1.807, 2.05) is 13.8 Å². The van der Waals surface area contributed by atoms with Crippen LogP contribution >= 0.6 is 0 Å². The zero-order valence-electron chi connectivity index (χ0n) is 12.9. The fraction of sp³-hybridized carbons (Fsp3) is 0.571. The summed E-state index contributed by atoms with van der Waals surface area (Å²) in [5.41, 5.74) is 7.11. The number of nitrogen functional groups attached to an aromatic ring is 1. The molecule has 1 aliphatic rings. The molecular formula is C14H22N2O5S. The lowest BCUT2D eigenvalue weighted by Gasteiger charge is -2.24. The average Bonchev–Trinajstić information content (AvgIpc) is 2.86. The third kappa shape index (κ3) is 3.41. The van der Waals surface area contributed by atoms with E-state index in [1.165, 1.54) is 7.05 Å². The lowest BCUT2D eigenvalue weighted by atomic mass is 10.1. The highest BCUT2D eigenvalue weighted by Crippen LogP contribution is 2.44. The van der Waals surface area contributed by atoms with Crippen molar-refractivity contribution in [2.45, 2.75) is 44.9 Å². The van der Waals surface area contributed by atoms with Gasteiger partial charge in [0.25, 0.3) is 0 Å². The van der Waals surface area contributed by atoms with Gasteiger partial charge in [-0.2, -0.15) is 13.1 Å². The number of para-hydroxylation sites is 1. The highest BCUT2D eigenvalue weighted by atomic mass is 32.2. The lowest BCUT2D eigenvalue weighted by Crippen LogP contribution is -2.32. The molecule has 3 N–H and O–H groups in total. The molecular weight excluding hydrogens is 308 g/mol. The summed E-state index contributed by atoms with van der Waals surface area (Å²) in [6.45, 7) is 3.81. The van der Waals surface area contributed by atoms with E-state index in [0.717, 1.165) is 0 Å². The number of anilines is 1. The molecule has 0 radical (unpaired) electrons. The van der Waals surface area contributed by atoms with Gasteiger partial charge < -0.3 is 15.2 Å². The Balaban J connectivity index is 2.37. The maximum atomic E-state index is 11.7. The molecule has 7 nitrogen and oxygen atoms in total. The van der Waals surface area contributed by atoms with Crippen LogP contribution in [0.5, 0.6) is 0 Å². The van der Waals surface area contributed by atoms with Gasteiger partial charge in [-0.15, -0.1) is 0 Å². The van der Waals surface area contributed by atoms with E-state index < -0.39 is 28.5 Å². The standard InChI is InChI=1S/C14H22N2O5S/c1-4-14(5-2)19-12(10-8-6-7-9-11(10)15)13(20-14)21-22(17,18)16-3/h6-9,12-13,16H,4-5,15H2,1-3H3. The highest BCUT2D eigenvalue weighted by Gasteiger charge is 2.48. The summed E-state index contributed by atoms with van der Waals surface area (Å²) in [5.74, 6) is -0.888. The van der Waals surface area contributed by atoms with Crippen LogP contribution in [0.3, 0.4) is 0 Å². The molecule has 8 heteroatoms. The number of hydrogen-bond acceptors (Lipinski definition) is 6. The Kier molecular flexibility index (Phi) is 5.08. The summed E-state index contributed by atoms with van der Waals surface area (Å²) in [6.07, 6.45) is -0.690. The predicted molar refractivity (Wildman–Crippen MR) is 81.9 cm³/mol. The molecule has 0 spiro atoms. The van der Waals surface area contributed by atoms with E-state index in [0.29, 0.717) is 24.1 Å². The molecule has 0 amide bonds. The maximum Gasteiger partial charge on any atom is 0.338 e. The van der Waals surface area contributed by atoms with Crippen LogP contribution in [0.1, 0.15) is 38.4 Å². The molecule has 1 aromatic rings. The van der Waals surface area contributed by atoms with Crippen LogP contribution in [-0.4, -0.2) is 27.5 Å². The lowest BCUT2D eigenvalue weighted by molar-refractivity contribution is -0.196. The van der Waals surface area contributed by atoms with E-state index in [4.69, 9.17) is 19.4 Å². The summed E-state index contributed by atoms with van der Waals surface area (Å²) < 4.78 is 42.4. The molecule has 124 valence electrons. The van der Waals surface area contributed by atoms with Crippen molar-refractivity contribution in [3.8, 4) is 0 Å². The van der Waals surface area contributed by atoms with Crippen LogP contribution in [0, 0.1) is 0 Å². The SMILES string of the molecule is CCC1(CC)OC(OS(=O)(=O)NC)C(c2ccccc2N)O1. The Morgan fingerprint density at radius 2 is 1.91 bits per heavy atom. The fourth-order valence-corrected chi connectivity index (χ4v) is 2.88. The second-order valence-corrected chi connectivity index (χ2v) is 6.53. The second-order valence-electron chi connectivity index (χ2n) is 5.03. The van der Waals surface area contributed by atoms with Crippen LogP contribution in [0.2, 0.25) is 0 Å². The molecule has 22 heavy (non-hydrogen) atoms. The van der Waals surface area contributed by atoms with Gasteiger partial charge in [0.2, 0.25) is 6.29 Å². The first kappa shape index (κ1) is 17.2. The molecule has 1 saturated heterocycles. The zero-order chi connectivity index (χ0) is 16.4. The van der Waals surface area contributed by atoms with Crippen molar-refractivity contribution in [1.29, 1.82) is 0 Å². The molecule has 0 bridgehead atoms. The third-order valence-corrected chi connectivity index (χ3v) is 4.71. The number of nitrogens with one attached hydrogen (secondary N) is 1. The van der Waals surface area contributed by atoms with Gasteiger partial charge in [0.1, 0.15) is 6.10 Å². The summed E-state index contributed by atoms with van der Waals surface area (Å²) >= 11 is 0. The summed E-state index contributed by atoms with van der Waals surface area (Å²) in [7, 11) is -2.65. The van der Waals surface area contributed by atoms with Crippen LogP contribution < -0.4 is 10.5 Å². The summed E-state index contributed by atoms with van der Waals surface area (Å²) in [5, 5.41) is 0. The van der Waals surface area contributed by atoms with Gasteiger partial charge >= 0.3 is 10.3 Å². The Hall–Kier alpha value is -1.19. The van der Waals surface area contributed by atoms with E-state index in [-0.39, 0.29) is 0 Å². The van der Waals surface area contributed by atoms with Gasteiger partial charge in [0.15, 0.2) is 5.79 Å². The van der Waals surface area contributed by atoms with Crippen molar-refractivity contribution >= 4 is 16.0 Å². The number of benzene rings is 1.